The van der Waals surface area contributed by atoms with Crippen LogP contribution in [0.2, 0.25) is 0 Å². The van der Waals surface area contributed by atoms with Crippen molar-refractivity contribution < 1.29 is 4.92 Å². The van der Waals surface area contributed by atoms with Crippen molar-refractivity contribution in [2.45, 2.75) is 0 Å². The first-order valence-electron chi connectivity index (χ1n) is 4.72. The molecule has 3 nitrogen and oxygen atoms in total. The van der Waals surface area contributed by atoms with Gasteiger partial charge in [0.2, 0.25) is 0 Å². The van der Waals surface area contributed by atoms with Crippen LogP contribution < -0.4 is 0 Å². The van der Waals surface area contributed by atoms with E-state index < -0.39 is 0 Å². The van der Waals surface area contributed by atoms with Crippen molar-refractivity contribution in [3.63, 3.8) is 0 Å². The summed E-state index contributed by atoms with van der Waals surface area (Å²) in [5.41, 5.74) is 1.20. The predicted molar refractivity (Wildman–Crippen MR) is 66.3 cm³/mol. The quantitative estimate of drug-likeness (QED) is 0.595. The van der Waals surface area contributed by atoms with E-state index in [1.165, 1.54) is 17.4 Å². The molecule has 0 fully saturated rings. The molecule has 2 rings (SSSR count). The Morgan fingerprint density at radius 2 is 1.88 bits per heavy atom. The molecular formula is C12H9NO2S. The van der Waals surface area contributed by atoms with Gasteiger partial charge in [-0.3, -0.25) is 10.1 Å². The summed E-state index contributed by atoms with van der Waals surface area (Å²) in [6, 6.07) is 11.2. The van der Waals surface area contributed by atoms with E-state index >= 15 is 0 Å². The third-order valence-corrected chi connectivity index (χ3v) is 2.97. The molecule has 4 heteroatoms. The lowest BCUT2D eigenvalue weighted by Crippen LogP contribution is -1.85. The molecule has 0 N–H and O–H groups in total. The second kappa shape index (κ2) is 4.72. The van der Waals surface area contributed by atoms with E-state index in [1.807, 2.05) is 36.4 Å². The van der Waals surface area contributed by atoms with E-state index in [0.717, 1.165) is 5.56 Å². The first-order chi connectivity index (χ1) is 7.77. The molecule has 0 bridgehead atoms. The molecule has 0 aliphatic carbocycles. The van der Waals surface area contributed by atoms with Gasteiger partial charge in [0, 0.05) is 6.07 Å². The van der Waals surface area contributed by atoms with Crippen molar-refractivity contribution in [3.05, 3.63) is 62.3 Å². The van der Waals surface area contributed by atoms with Crippen LogP contribution in [0.4, 0.5) is 5.69 Å². The SMILES string of the molecule is O=[N+]([O-])c1ccsc1C=Cc1ccccc1. The molecule has 0 atom stereocenters. The highest BCUT2D eigenvalue weighted by molar-refractivity contribution is 7.11. The Kier molecular flexibility index (Phi) is 3.12. The van der Waals surface area contributed by atoms with Gasteiger partial charge in [-0.05, 0) is 17.0 Å². The lowest BCUT2D eigenvalue weighted by atomic mass is 10.2. The van der Waals surface area contributed by atoms with Crippen molar-refractivity contribution in [2.24, 2.45) is 0 Å². The number of nitro groups is 1. The normalized spacial score (nSPS) is 10.8. The molecule has 0 spiro atoms. The van der Waals surface area contributed by atoms with E-state index in [9.17, 15) is 10.1 Å². The van der Waals surface area contributed by atoms with Crippen LogP contribution >= 0.6 is 11.3 Å². The minimum atomic E-state index is -0.360. The van der Waals surface area contributed by atoms with Crippen LogP contribution in [0.5, 0.6) is 0 Å². The third-order valence-electron chi connectivity index (χ3n) is 2.10. The summed E-state index contributed by atoms with van der Waals surface area (Å²) < 4.78 is 0. The molecule has 0 saturated carbocycles. The fourth-order valence-electron chi connectivity index (χ4n) is 1.33. The Hall–Kier alpha value is -1.94. The number of hydrogen-bond donors (Lipinski definition) is 0. The molecule has 0 saturated heterocycles. The van der Waals surface area contributed by atoms with Gasteiger partial charge in [0.25, 0.3) is 5.69 Å². The van der Waals surface area contributed by atoms with Crippen LogP contribution in [0.15, 0.2) is 41.8 Å². The van der Waals surface area contributed by atoms with Gasteiger partial charge >= 0.3 is 0 Å². The fourth-order valence-corrected chi connectivity index (χ4v) is 2.08. The molecule has 0 aliphatic rings. The zero-order valence-corrected chi connectivity index (χ0v) is 9.18. The van der Waals surface area contributed by atoms with E-state index in [4.69, 9.17) is 0 Å². The monoisotopic (exact) mass is 231 g/mol. The average Bonchev–Trinajstić information content (AvgIpc) is 2.76. The van der Waals surface area contributed by atoms with Crippen LogP contribution in [0.25, 0.3) is 12.2 Å². The smallest absolute Gasteiger partial charge is 0.258 e. The van der Waals surface area contributed by atoms with Crippen molar-refractivity contribution in [1.82, 2.24) is 0 Å². The number of rotatable bonds is 3. The maximum Gasteiger partial charge on any atom is 0.287 e. The topological polar surface area (TPSA) is 43.1 Å². The van der Waals surface area contributed by atoms with Gasteiger partial charge in [-0.1, -0.05) is 36.4 Å². The van der Waals surface area contributed by atoms with Crippen LogP contribution in [-0.2, 0) is 0 Å². The molecule has 0 unspecified atom stereocenters. The van der Waals surface area contributed by atoms with Gasteiger partial charge in [-0.2, -0.15) is 0 Å². The van der Waals surface area contributed by atoms with Crippen molar-refractivity contribution in [1.29, 1.82) is 0 Å². The molecule has 2 aromatic rings. The largest absolute Gasteiger partial charge is 0.287 e. The van der Waals surface area contributed by atoms with Crippen LogP contribution in [-0.4, -0.2) is 4.92 Å². The molecule has 0 amide bonds. The molecule has 0 aliphatic heterocycles. The molecule has 16 heavy (non-hydrogen) atoms. The summed E-state index contributed by atoms with van der Waals surface area (Å²) in [5, 5.41) is 12.4. The first-order valence-corrected chi connectivity index (χ1v) is 5.60. The predicted octanol–water partition coefficient (Wildman–Crippen LogP) is 3.83. The lowest BCUT2D eigenvalue weighted by Gasteiger charge is -1.91. The van der Waals surface area contributed by atoms with Crippen LogP contribution in [0, 0.1) is 10.1 Å². The number of nitrogens with zero attached hydrogens (tertiary/aromatic N) is 1. The molecular weight excluding hydrogens is 222 g/mol. The number of thiophene rings is 1. The molecule has 0 radical (unpaired) electrons. The zero-order valence-electron chi connectivity index (χ0n) is 8.37. The second-order valence-corrected chi connectivity index (χ2v) is 4.12. The lowest BCUT2D eigenvalue weighted by molar-refractivity contribution is -0.384. The average molecular weight is 231 g/mol. The standard InChI is InChI=1S/C12H9NO2S/c14-13(15)11-8-9-16-12(11)7-6-10-4-2-1-3-5-10/h1-9H. The van der Waals surface area contributed by atoms with Gasteiger partial charge in [0.15, 0.2) is 0 Å². The maximum absolute atomic E-state index is 10.7. The second-order valence-electron chi connectivity index (χ2n) is 3.17. The van der Waals surface area contributed by atoms with Crippen molar-refractivity contribution in [2.75, 3.05) is 0 Å². The highest BCUT2D eigenvalue weighted by atomic mass is 32.1. The zero-order chi connectivity index (χ0) is 11.4. The Bertz CT molecular complexity index is 517. The van der Waals surface area contributed by atoms with Gasteiger partial charge in [-0.15, -0.1) is 11.3 Å². The summed E-state index contributed by atoms with van der Waals surface area (Å²) in [7, 11) is 0. The maximum atomic E-state index is 10.7. The molecule has 1 heterocycles. The number of hydrogen-bond acceptors (Lipinski definition) is 3. The fraction of sp³-hybridized carbons (Fsp3) is 0. The summed E-state index contributed by atoms with van der Waals surface area (Å²) in [5.74, 6) is 0. The van der Waals surface area contributed by atoms with Crippen LogP contribution in [0.1, 0.15) is 10.4 Å². The van der Waals surface area contributed by atoms with E-state index in [2.05, 4.69) is 0 Å². The van der Waals surface area contributed by atoms with E-state index in [-0.39, 0.29) is 10.6 Å². The van der Waals surface area contributed by atoms with Gasteiger partial charge in [-0.25, -0.2) is 0 Å². The Morgan fingerprint density at radius 1 is 1.12 bits per heavy atom. The van der Waals surface area contributed by atoms with E-state index in [0.29, 0.717) is 4.88 Å². The van der Waals surface area contributed by atoms with Crippen LogP contribution in [0.3, 0.4) is 0 Å². The van der Waals surface area contributed by atoms with Crippen molar-refractivity contribution in [3.8, 4) is 0 Å². The number of benzene rings is 1. The molecule has 80 valence electrons. The third kappa shape index (κ3) is 2.35. The molecule has 1 aromatic carbocycles. The summed E-state index contributed by atoms with van der Waals surface area (Å²) >= 11 is 1.37. The highest BCUT2D eigenvalue weighted by Gasteiger charge is 2.11. The Morgan fingerprint density at radius 3 is 2.56 bits per heavy atom. The van der Waals surface area contributed by atoms with Crippen molar-refractivity contribution >= 4 is 29.2 Å². The first kappa shape index (κ1) is 10.6. The Balaban J connectivity index is 2.24. The molecule has 1 aromatic heterocycles. The van der Waals surface area contributed by atoms with Gasteiger partial charge < -0.3 is 0 Å². The summed E-state index contributed by atoms with van der Waals surface area (Å²) in [6.07, 6.45) is 3.65. The van der Waals surface area contributed by atoms with Gasteiger partial charge in [0.1, 0.15) is 4.88 Å². The summed E-state index contributed by atoms with van der Waals surface area (Å²) in [6.45, 7) is 0. The highest BCUT2D eigenvalue weighted by Crippen LogP contribution is 2.26. The summed E-state index contributed by atoms with van der Waals surface area (Å²) in [4.78, 5) is 11.0. The minimum absolute atomic E-state index is 0.164. The van der Waals surface area contributed by atoms with Gasteiger partial charge in [0.05, 0.1) is 4.92 Å². The minimum Gasteiger partial charge on any atom is -0.258 e. The van der Waals surface area contributed by atoms with E-state index in [1.54, 1.807) is 11.5 Å². The Labute approximate surface area is 96.8 Å².